The molecule has 0 spiro atoms. The zero-order valence-corrected chi connectivity index (χ0v) is 20.1. The average molecular weight is 513 g/mol. The van der Waals surface area contributed by atoms with Crippen molar-refractivity contribution in [1.29, 1.82) is 0 Å². The summed E-state index contributed by atoms with van der Waals surface area (Å²) in [6, 6.07) is 18.6. The highest BCUT2D eigenvalue weighted by molar-refractivity contribution is 7.89. The highest BCUT2D eigenvalue weighted by Crippen LogP contribution is 2.25. The molecule has 1 atom stereocenters. The molecule has 0 unspecified atom stereocenters. The molecule has 0 aliphatic carbocycles. The fraction of sp³-hybridized carbons (Fsp3) is 0.120. The Hall–Kier alpha value is -3.66. The van der Waals surface area contributed by atoms with Crippen molar-refractivity contribution in [2.45, 2.75) is 17.4 Å². The van der Waals surface area contributed by atoms with Gasteiger partial charge < -0.3 is 9.84 Å². The lowest BCUT2D eigenvalue weighted by Crippen LogP contribution is -2.42. The third kappa shape index (κ3) is 5.22. The first-order valence-corrected chi connectivity index (χ1v) is 12.3. The number of hydrogen-bond donors (Lipinski definition) is 2. The quantitative estimate of drug-likeness (QED) is 0.375. The van der Waals surface area contributed by atoms with E-state index in [1.807, 2.05) is 12.1 Å². The van der Waals surface area contributed by atoms with Crippen molar-refractivity contribution in [2.75, 3.05) is 7.11 Å². The first-order valence-electron chi connectivity index (χ1n) is 10.5. The smallest absolute Gasteiger partial charge is 0.418 e. The number of para-hydroxylation sites is 1. The van der Waals surface area contributed by atoms with Crippen molar-refractivity contribution in [3.05, 3.63) is 89.6 Å². The number of carbonyl (C=O) groups excluding carboxylic acids is 1. The molecule has 8 nitrogen and oxygen atoms in total. The Balaban J connectivity index is 1.59. The maximum atomic E-state index is 13.0. The molecule has 4 rings (SSSR count). The zero-order valence-electron chi connectivity index (χ0n) is 18.5. The second-order valence-electron chi connectivity index (χ2n) is 7.76. The Kier molecular flexibility index (Phi) is 6.93. The summed E-state index contributed by atoms with van der Waals surface area (Å²) in [7, 11) is -2.91. The van der Waals surface area contributed by atoms with Crippen LogP contribution in [0.15, 0.2) is 83.9 Å². The molecule has 1 aromatic heterocycles. The first-order chi connectivity index (χ1) is 16.7. The number of carbonyl (C=O) groups is 2. The van der Waals surface area contributed by atoms with E-state index in [-0.39, 0.29) is 11.3 Å². The molecule has 2 N–H and O–H groups in total. The van der Waals surface area contributed by atoms with Crippen LogP contribution in [0, 0.1) is 0 Å². The van der Waals surface area contributed by atoms with Gasteiger partial charge in [-0.25, -0.2) is 13.2 Å². The van der Waals surface area contributed by atoms with Crippen molar-refractivity contribution in [3.8, 4) is 11.1 Å². The molecule has 0 saturated carbocycles. The number of ether oxygens (including phenoxy) is 1. The molecule has 3 aromatic carbocycles. The zero-order chi connectivity index (χ0) is 25.2. The topological polar surface area (TPSA) is 115 Å². The molecule has 0 aliphatic heterocycles. The minimum absolute atomic E-state index is 0.0709. The fourth-order valence-electron chi connectivity index (χ4n) is 3.79. The summed E-state index contributed by atoms with van der Waals surface area (Å²) in [5, 5.41) is 11.0. The van der Waals surface area contributed by atoms with Crippen molar-refractivity contribution in [2.24, 2.45) is 0 Å². The Morgan fingerprint density at radius 2 is 1.60 bits per heavy atom. The second kappa shape index (κ2) is 9.91. The Morgan fingerprint density at radius 1 is 1.00 bits per heavy atom. The number of hydrogen-bond acceptors (Lipinski definition) is 5. The van der Waals surface area contributed by atoms with Gasteiger partial charge in [0.2, 0.25) is 10.0 Å². The number of rotatable bonds is 7. The van der Waals surface area contributed by atoms with E-state index in [0.29, 0.717) is 21.5 Å². The SMILES string of the molecule is COC(=O)n1cc(C[C@@H](NS(=O)(=O)c2ccc(-c3ccc(Cl)cc3)cc2)C(=O)O)c2ccccc21. The van der Waals surface area contributed by atoms with Crippen LogP contribution in [-0.2, 0) is 26.0 Å². The van der Waals surface area contributed by atoms with E-state index in [9.17, 15) is 23.1 Å². The van der Waals surface area contributed by atoms with E-state index in [1.54, 1.807) is 48.5 Å². The second-order valence-corrected chi connectivity index (χ2v) is 9.91. The van der Waals surface area contributed by atoms with Crippen LogP contribution in [0.1, 0.15) is 5.56 Å². The van der Waals surface area contributed by atoms with Crippen LogP contribution in [0.5, 0.6) is 0 Å². The third-order valence-corrected chi connectivity index (χ3v) is 7.27. The van der Waals surface area contributed by atoms with E-state index >= 15 is 0 Å². The summed E-state index contributed by atoms with van der Waals surface area (Å²) in [4.78, 5) is 24.0. The van der Waals surface area contributed by atoms with Crippen LogP contribution in [-0.4, -0.2) is 43.3 Å². The van der Waals surface area contributed by atoms with Gasteiger partial charge in [-0.05, 0) is 47.0 Å². The van der Waals surface area contributed by atoms with Gasteiger partial charge in [-0.3, -0.25) is 9.36 Å². The van der Waals surface area contributed by atoms with Gasteiger partial charge in [-0.2, -0.15) is 4.72 Å². The highest BCUT2D eigenvalue weighted by Gasteiger charge is 2.27. The average Bonchev–Trinajstić information content (AvgIpc) is 3.22. The van der Waals surface area contributed by atoms with Crippen molar-refractivity contribution >= 4 is 44.6 Å². The molecule has 0 bridgehead atoms. The van der Waals surface area contributed by atoms with E-state index < -0.39 is 28.1 Å². The number of aromatic nitrogens is 1. The summed E-state index contributed by atoms with van der Waals surface area (Å²) in [6.07, 6.45) is 0.643. The largest absolute Gasteiger partial charge is 0.480 e. The van der Waals surface area contributed by atoms with Gasteiger partial charge in [0.25, 0.3) is 0 Å². The fourth-order valence-corrected chi connectivity index (χ4v) is 5.10. The highest BCUT2D eigenvalue weighted by atomic mass is 35.5. The minimum atomic E-state index is -4.15. The van der Waals surface area contributed by atoms with E-state index in [2.05, 4.69) is 4.72 Å². The van der Waals surface area contributed by atoms with Gasteiger partial charge in [-0.1, -0.05) is 54.1 Å². The van der Waals surface area contributed by atoms with Gasteiger partial charge in [-0.15, -0.1) is 0 Å². The number of halogens is 1. The molecular weight excluding hydrogens is 492 g/mol. The molecule has 0 fully saturated rings. The monoisotopic (exact) mass is 512 g/mol. The van der Waals surface area contributed by atoms with Crippen LogP contribution in [0.3, 0.4) is 0 Å². The summed E-state index contributed by atoms with van der Waals surface area (Å²) >= 11 is 5.91. The number of methoxy groups -OCH3 is 1. The number of nitrogens with zero attached hydrogens (tertiary/aromatic N) is 1. The van der Waals surface area contributed by atoms with Gasteiger partial charge in [0.15, 0.2) is 0 Å². The number of fused-ring (bicyclic) bond motifs is 1. The van der Waals surface area contributed by atoms with Crippen LogP contribution in [0.4, 0.5) is 4.79 Å². The van der Waals surface area contributed by atoms with E-state index in [0.717, 1.165) is 11.1 Å². The van der Waals surface area contributed by atoms with Crippen LogP contribution < -0.4 is 4.72 Å². The lowest BCUT2D eigenvalue weighted by Gasteiger charge is -2.15. The summed E-state index contributed by atoms with van der Waals surface area (Å²) < 4.78 is 34.3. The normalized spacial score (nSPS) is 12.4. The van der Waals surface area contributed by atoms with E-state index in [4.69, 9.17) is 16.3 Å². The van der Waals surface area contributed by atoms with Gasteiger partial charge in [0.1, 0.15) is 6.04 Å². The first kappa shape index (κ1) is 24.5. The van der Waals surface area contributed by atoms with Crippen molar-refractivity contribution < 1.29 is 27.9 Å². The Bertz CT molecular complexity index is 1500. The maximum Gasteiger partial charge on any atom is 0.418 e. The molecule has 0 radical (unpaired) electrons. The van der Waals surface area contributed by atoms with Crippen molar-refractivity contribution in [3.63, 3.8) is 0 Å². The predicted molar refractivity (Wildman–Crippen MR) is 132 cm³/mol. The minimum Gasteiger partial charge on any atom is -0.480 e. The predicted octanol–water partition coefficient (Wildman–Crippen LogP) is 4.55. The number of carboxylic acid groups (broad SMARTS) is 1. The van der Waals surface area contributed by atoms with Crippen LogP contribution in [0.2, 0.25) is 5.02 Å². The molecule has 4 aromatic rings. The van der Waals surface area contributed by atoms with Gasteiger partial charge >= 0.3 is 12.1 Å². The standard InChI is InChI=1S/C25H21ClN2O6S/c1-34-25(31)28-15-18(21-4-2-3-5-23(21)28)14-22(24(29)30)27-35(32,33)20-12-8-17(9-13-20)16-6-10-19(26)11-7-16/h2-13,15,22,27H,14H2,1H3,(H,29,30)/t22-/m1/s1. The Morgan fingerprint density at radius 3 is 2.20 bits per heavy atom. The molecule has 10 heteroatoms. The van der Waals surface area contributed by atoms with Crippen LogP contribution in [0.25, 0.3) is 22.0 Å². The number of benzene rings is 3. The number of aliphatic carboxylic acids is 1. The van der Waals surface area contributed by atoms with Gasteiger partial charge in [0.05, 0.1) is 17.5 Å². The Labute approximate surface area is 206 Å². The lowest BCUT2D eigenvalue weighted by atomic mass is 10.1. The van der Waals surface area contributed by atoms with Crippen molar-refractivity contribution in [1.82, 2.24) is 9.29 Å². The summed E-state index contributed by atoms with van der Waals surface area (Å²) in [6.45, 7) is 0. The van der Waals surface area contributed by atoms with Crippen LogP contribution >= 0.6 is 11.6 Å². The third-order valence-electron chi connectivity index (χ3n) is 5.53. The number of carboxylic acids is 1. The molecule has 180 valence electrons. The molecule has 0 aliphatic rings. The summed E-state index contributed by atoms with van der Waals surface area (Å²) in [5.41, 5.74) is 2.65. The molecule has 35 heavy (non-hydrogen) atoms. The van der Waals surface area contributed by atoms with Gasteiger partial charge in [0, 0.05) is 23.0 Å². The number of nitrogens with one attached hydrogen (secondary N) is 1. The molecule has 0 saturated heterocycles. The lowest BCUT2D eigenvalue weighted by molar-refractivity contribution is -0.138. The maximum absolute atomic E-state index is 13.0. The molecule has 0 amide bonds. The summed E-state index contributed by atoms with van der Waals surface area (Å²) in [5.74, 6) is -1.35. The molecular formula is C25H21ClN2O6S. The molecule has 1 heterocycles. The number of sulfonamides is 1. The van der Waals surface area contributed by atoms with E-state index in [1.165, 1.54) is 30.0 Å².